The summed E-state index contributed by atoms with van der Waals surface area (Å²) in [5.41, 5.74) is 1.03. The highest BCUT2D eigenvalue weighted by Gasteiger charge is 1.72. The topological polar surface area (TPSA) is 31.6 Å². The van der Waals surface area contributed by atoms with Crippen molar-refractivity contribution in [3.05, 3.63) is 40.9 Å². The second kappa shape index (κ2) is 3.93. The zero-order valence-electron chi connectivity index (χ0n) is 6.29. The van der Waals surface area contributed by atoms with Crippen LogP contribution in [0.5, 0.6) is 0 Å². The lowest BCUT2D eigenvalue weighted by Crippen LogP contribution is -1.75. The zero-order chi connectivity index (χ0) is 8.10. The van der Waals surface area contributed by atoms with Gasteiger partial charge in [0.15, 0.2) is 4.77 Å². The molecule has 0 atom stereocenters. The fraction of sp³-hybridized carbons (Fsp3) is 0.125. The Balaban J connectivity index is 3.37. The van der Waals surface area contributed by atoms with E-state index in [1.807, 2.05) is 31.2 Å². The maximum atomic E-state index is 4.95. The molecule has 0 aliphatic heterocycles. The number of aromatic nitrogens is 2. The number of nitrogens with one attached hydrogen (secondary N) is 2. The Morgan fingerprint density at radius 1 is 1.27 bits per heavy atom. The fourth-order valence-electron chi connectivity index (χ4n) is 0.700. The lowest BCUT2D eigenvalue weighted by atomic mass is 10.4. The molecule has 0 aromatic carbocycles. The van der Waals surface area contributed by atoms with Gasteiger partial charge in [0.25, 0.3) is 0 Å². The Bertz CT molecular complexity index is 323. The van der Waals surface area contributed by atoms with E-state index in [0.717, 1.165) is 5.69 Å². The number of hydrogen-bond donors (Lipinski definition) is 2. The molecule has 1 aromatic heterocycles. The van der Waals surface area contributed by atoms with Crippen molar-refractivity contribution in [3.63, 3.8) is 0 Å². The summed E-state index contributed by atoms with van der Waals surface area (Å²) in [6.45, 7) is 1.96. The molecule has 0 spiro atoms. The van der Waals surface area contributed by atoms with Crippen LogP contribution >= 0.6 is 12.2 Å². The number of H-pyrrole nitrogens is 2. The molecular weight excluding hydrogens is 156 g/mol. The molecule has 0 aliphatic rings. The Hall–Kier alpha value is -1.09. The van der Waals surface area contributed by atoms with Gasteiger partial charge in [-0.15, -0.1) is 0 Å². The number of hydrogen-bond acceptors (Lipinski definition) is 1. The van der Waals surface area contributed by atoms with Gasteiger partial charge in [-0.1, -0.05) is 12.1 Å². The second-order valence-electron chi connectivity index (χ2n) is 2.19. The van der Waals surface area contributed by atoms with Gasteiger partial charge in [0.2, 0.25) is 0 Å². The molecule has 0 bridgehead atoms. The molecule has 1 heterocycles. The van der Waals surface area contributed by atoms with Gasteiger partial charge in [-0.2, -0.15) is 0 Å². The highest BCUT2D eigenvalue weighted by atomic mass is 32.1. The molecule has 0 aliphatic carbocycles. The maximum absolute atomic E-state index is 4.95. The van der Waals surface area contributed by atoms with Gasteiger partial charge >= 0.3 is 0 Å². The number of aromatic amines is 2. The van der Waals surface area contributed by atoms with Crippen molar-refractivity contribution < 1.29 is 0 Å². The predicted octanol–water partition coefficient (Wildman–Crippen LogP) is 2.51. The van der Waals surface area contributed by atoms with Crippen LogP contribution in [0.15, 0.2) is 30.5 Å². The minimum absolute atomic E-state index is 0.624. The fourth-order valence-corrected chi connectivity index (χ4v) is 0.929. The van der Waals surface area contributed by atoms with Crippen LogP contribution < -0.4 is 0 Å². The van der Waals surface area contributed by atoms with Crippen LogP contribution in [0.1, 0.15) is 5.69 Å². The van der Waals surface area contributed by atoms with E-state index in [0.29, 0.717) is 4.77 Å². The number of aryl methyl sites for hydroxylation is 1. The summed E-state index contributed by atoms with van der Waals surface area (Å²) < 4.78 is 0.624. The average Bonchev–Trinajstić information content (AvgIpc) is 2.02. The normalized spacial score (nSPS) is 8.82. The smallest absolute Gasteiger partial charge is 0.174 e. The van der Waals surface area contributed by atoms with Gasteiger partial charge in [0, 0.05) is 11.9 Å². The molecule has 0 radical (unpaired) electrons. The summed E-state index contributed by atoms with van der Waals surface area (Å²) in [5, 5.41) is 0. The summed E-state index contributed by atoms with van der Waals surface area (Å²) in [6.07, 6.45) is 1.79. The SMILES string of the molecule is Cc1ccccc[nH]c(=S)[nH]1. The molecule has 58 valence electrons. The monoisotopic (exact) mass is 166 g/mol. The third-order valence-electron chi connectivity index (χ3n) is 1.19. The lowest BCUT2D eigenvalue weighted by molar-refractivity contribution is 1.12. The van der Waals surface area contributed by atoms with Gasteiger partial charge in [-0.3, -0.25) is 0 Å². The van der Waals surface area contributed by atoms with Crippen LogP contribution in [0.3, 0.4) is 0 Å². The van der Waals surface area contributed by atoms with Gasteiger partial charge in [0.05, 0.1) is 0 Å². The Kier molecular flexibility index (Phi) is 2.86. The first kappa shape index (κ1) is 8.01. The quantitative estimate of drug-likeness (QED) is 0.570. The van der Waals surface area contributed by atoms with E-state index in [4.69, 9.17) is 12.2 Å². The largest absolute Gasteiger partial charge is 0.339 e. The van der Waals surface area contributed by atoms with Crippen molar-refractivity contribution in [1.29, 1.82) is 0 Å². The Morgan fingerprint density at radius 3 is 2.91 bits per heavy atom. The first-order valence-electron chi connectivity index (χ1n) is 3.36. The van der Waals surface area contributed by atoms with Crippen LogP contribution in [-0.4, -0.2) is 9.97 Å². The van der Waals surface area contributed by atoms with E-state index in [1.165, 1.54) is 0 Å². The van der Waals surface area contributed by atoms with Crippen molar-refractivity contribution in [3.8, 4) is 0 Å². The van der Waals surface area contributed by atoms with Crippen LogP contribution in [0, 0.1) is 11.7 Å². The minimum Gasteiger partial charge on any atom is -0.339 e. The molecule has 0 saturated carbocycles. The Morgan fingerprint density at radius 2 is 2.09 bits per heavy atom. The van der Waals surface area contributed by atoms with E-state index < -0.39 is 0 Å². The molecule has 2 N–H and O–H groups in total. The predicted molar refractivity (Wildman–Crippen MR) is 48.3 cm³/mol. The summed E-state index contributed by atoms with van der Waals surface area (Å²) in [6, 6.07) is 7.74. The van der Waals surface area contributed by atoms with E-state index >= 15 is 0 Å². The molecule has 3 heteroatoms. The third-order valence-corrected chi connectivity index (χ3v) is 1.41. The first-order chi connectivity index (χ1) is 5.29. The van der Waals surface area contributed by atoms with E-state index in [2.05, 4.69) is 9.97 Å². The van der Waals surface area contributed by atoms with Crippen LogP contribution in [0.4, 0.5) is 0 Å². The first-order valence-corrected chi connectivity index (χ1v) is 3.77. The highest BCUT2D eigenvalue weighted by molar-refractivity contribution is 7.71. The number of rotatable bonds is 0. The van der Waals surface area contributed by atoms with Crippen molar-refractivity contribution in [2.24, 2.45) is 0 Å². The maximum Gasteiger partial charge on any atom is 0.174 e. The lowest BCUT2D eigenvalue weighted by Gasteiger charge is -1.82. The zero-order valence-corrected chi connectivity index (χ0v) is 7.11. The van der Waals surface area contributed by atoms with Gasteiger partial charge in [-0.25, -0.2) is 0 Å². The molecule has 0 amide bonds. The molecule has 1 aromatic rings. The van der Waals surface area contributed by atoms with E-state index in [-0.39, 0.29) is 0 Å². The molecular formula is C8H10N2S. The second-order valence-corrected chi connectivity index (χ2v) is 2.60. The summed E-state index contributed by atoms with van der Waals surface area (Å²) >= 11 is 4.95. The van der Waals surface area contributed by atoms with Gasteiger partial charge in [0.1, 0.15) is 0 Å². The average molecular weight is 166 g/mol. The molecule has 0 fully saturated rings. The summed E-state index contributed by atoms with van der Waals surface area (Å²) in [7, 11) is 0. The van der Waals surface area contributed by atoms with Crippen LogP contribution in [-0.2, 0) is 0 Å². The van der Waals surface area contributed by atoms with Crippen molar-refractivity contribution in [1.82, 2.24) is 9.97 Å². The summed E-state index contributed by atoms with van der Waals surface area (Å²) in [4.78, 5) is 5.90. The van der Waals surface area contributed by atoms with Crippen molar-refractivity contribution in [2.45, 2.75) is 6.92 Å². The third kappa shape index (κ3) is 3.00. The van der Waals surface area contributed by atoms with E-state index in [1.54, 1.807) is 6.20 Å². The van der Waals surface area contributed by atoms with Gasteiger partial charge < -0.3 is 9.97 Å². The molecule has 11 heavy (non-hydrogen) atoms. The standard InChI is InChI=1S/C8H10N2S/c1-7-5-3-2-4-6-9-8(11)10-7/h2-6H,1H3,(H2,9,10,11). The molecule has 1 rings (SSSR count). The Labute approximate surface area is 70.6 Å². The van der Waals surface area contributed by atoms with Crippen LogP contribution in [0.2, 0.25) is 0 Å². The van der Waals surface area contributed by atoms with Crippen molar-refractivity contribution >= 4 is 12.2 Å². The molecule has 0 saturated heterocycles. The highest BCUT2D eigenvalue weighted by Crippen LogP contribution is 1.85. The molecule has 0 unspecified atom stereocenters. The van der Waals surface area contributed by atoms with E-state index in [9.17, 15) is 0 Å². The minimum atomic E-state index is 0.624. The summed E-state index contributed by atoms with van der Waals surface area (Å²) in [5.74, 6) is 0. The van der Waals surface area contributed by atoms with Gasteiger partial charge in [-0.05, 0) is 31.3 Å². The van der Waals surface area contributed by atoms with Crippen LogP contribution in [0.25, 0.3) is 0 Å². The molecule has 2 nitrogen and oxygen atoms in total. The van der Waals surface area contributed by atoms with Crippen molar-refractivity contribution in [2.75, 3.05) is 0 Å².